The van der Waals surface area contributed by atoms with E-state index in [0.717, 1.165) is 6.20 Å². The second-order valence-corrected chi connectivity index (χ2v) is 5.70. The molecule has 7 nitrogen and oxygen atoms in total. The van der Waals surface area contributed by atoms with E-state index in [4.69, 9.17) is 23.1 Å². The zero-order valence-electron chi connectivity index (χ0n) is 12.4. The number of aliphatic imine (C=N–C) groups is 1. The van der Waals surface area contributed by atoms with Crippen LogP contribution in [0.4, 0.5) is 15.0 Å². The van der Waals surface area contributed by atoms with E-state index in [2.05, 4.69) is 15.0 Å². The fraction of sp³-hybridized carbons (Fsp3) is 0.385. The lowest BCUT2D eigenvalue weighted by atomic mass is 10.0. The monoisotopic (exact) mass is 326 g/mol. The van der Waals surface area contributed by atoms with Gasteiger partial charge in [-0.15, -0.1) is 0 Å². The molecule has 0 fully saturated rings. The van der Waals surface area contributed by atoms with Gasteiger partial charge in [-0.2, -0.15) is 0 Å². The molecule has 2 heterocycles. The van der Waals surface area contributed by atoms with Crippen LogP contribution in [0, 0.1) is 12.7 Å². The van der Waals surface area contributed by atoms with Crippen LogP contribution < -0.4 is 11.5 Å². The average Bonchev–Trinajstić information content (AvgIpc) is 2.65. The van der Waals surface area contributed by atoms with Gasteiger partial charge < -0.3 is 16.4 Å². The summed E-state index contributed by atoms with van der Waals surface area (Å²) in [5, 5.41) is -0.653. The van der Waals surface area contributed by atoms with Crippen molar-refractivity contribution in [1.82, 2.24) is 14.9 Å². The number of carbonyl (C=O) groups excluding carboxylic acids is 1. The third-order valence-corrected chi connectivity index (χ3v) is 3.77. The van der Waals surface area contributed by atoms with Gasteiger partial charge >= 0.3 is 5.37 Å². The molecule has 0 aliphatic carbocycles. The van der Waals surface area contributed by atoms with Gasteiger partial charge in [0.2, 0.25) is 0 Å². The number of amides is 1. The van der Waals surface area contributed by atoms with Crippen molar-refractivity contribution in [1.29, 1.82) is 0 Å². The normalized spacial score (nSPS) is 18.0. The standard InChI is InChI=1S/C13H16ClFN6O/c1-6-18-4-8(15)11(19-6)20-10(17)7-5-21(12(14)22)13(2,3)9(7)16/h4H,5,16H2,1-3H3,(H2,17,18,19,20). The SMILES string of the molecule is Cc1ncc(F)c(N=C(N)C2=C(N)C(C)(C)N(C(=O)Cl)C2)n1. The molecule has 2 rings (SSSR count). The van der Waals surface area contributed by atoms with Crippen LogP contribution in [-0.4, -0.2) is 38.2 Å². The van der Waals surface area contributed by atoms with Crippen molar-refractivity contribution < 1.29 is 9.18 Å². The Morgan fingerprint density at radius 1 is 1.55 bits per heavy atom. The first-order valence-corrected chi connectivity index (χ1v) is 6.82. The Labute approximate surface area is 131 Å². The highest BCUT2D eigenvalue weighted by Gasteiger charge is 2.41. The van der Waals surface area contributed by atoms with Crippen LogP contribution in [0.1, 0.15) is 19.7 Å². The average molecular weight is 327 g/mol. The number of amidine groups is 1. The fourth-order valence-electron chi connectivity index (χ4n) is 2.16. The van der Waals surface area contributed by atoms with E-state index >= 15 is 0 Å². The molecule has 118 valence electrons. The Hall–Kier alpha value is -2.22. The third kappa shape index (κ3) is 2.74. The van der Waals surface area contributed by atoms with E-state index in [9.17, 15) is 9.18 Å². The summed E-state index contributed by atoms with van der Waals surface area (Å²) >= 11 is 5.55. The highest BCUT2D eigenvalue weighted by Crippen LogP contribution is 2.32. The zero-order chi connectivity index (χ0) is 16.7. The van der Waals surface area contributed by atoms with Gasteiger partial charge in [0.05, 0.1) is 18.3 Å². The second kappa shape index (κ2) is 5.53. The lowest BCUT2D eigenvalue weighted by molar-refractivity contribution is 0.194. The van der Waals surface area contributed by atoms with Crippen molar-refractivity contribution in [2.75, 3.05) is 6.54 Å². The van der Waals surface area contributed by atoms with E-state index in [1.54, 1.807) is 20.8 Å². The Balaban J connectivity index is 2.43. The number of rotatable bonds is 2. The second-order valence-electron chi connectivity index (χ2n) is 5.38. The molecular formula is C13H16ClFN6O. The van der Waals surface area contributed by atoms with Gasteiger partial charge in [0.25, 0.3) is 0 Å². The van der Waals surface area contributed by atoms with Crippen molar-refractivity contribution >= 4 is 28.6 Å². The number of aryl methyl sites for hydroxylation is 1. The molecular weight excluding hydrogens is 311 g/mol. The lowest BCUT2D eigenvalue weighted by Crippen LogP contribution is -2.44. The van der Waals surface area contributed by atoms with Gasteiger partial charge in [-0.25, -0.2) is 19.4 Å². The van der Waals surface area contributed by atoms with E-state index in [-0.39, 0.29) is 18.2 Å². The van der Waals surface area contributed by atoms with Gasteiger partial charge in [-0.05, 0) is 32.4 Å². The Bertz CT molecular complexity index is 700. The minimum Gasteiger partial charge on any atom is -0.400 e. The molecule has 22 heavy (non-hydrogen) atoms. The highest BCUT2D eigenvalue weighted by atomic mass is 35.5. The lowest BCUT2D eigenvalue weighted by Gasteiger charge is -2.30. The molecule has 0 spiro atoms. The summed E-state index contributed by atoms with van der Waals surface area (Å²) in [6.45, 7) is 5.17. The number of aromatic nitrogens is 2. The number of nitrogens with two attached hydrogens (primary N) is 2. The molecule has 0 atom stereocenters. The number of hydrogen-bond donors (Lipinski definition) is 2. The van der Waals surface area contributed by atoms with E-state index < -0.39 is 16.7 Å². The minimum absolute atomic E-state index is 0.0111. The summed E-state index contributed by atoms with van der Waals surface area (Å²) in [7, 11) is 0. The Kier molecular flexibility index (Phi) is 4.06. The summed E-state index contributed by atoms with van der Waals surface area (Å²) in [5.41, 5.74) is 11.9. The molecule has 0 saturated heterocycles. The van der Waals surface area contributed by atoms with Crippen LogP contribution >= 0.6 is 11.6 Å². The first kappa shape index (κ1) is 16.2. The molecule has 4 N–H and O–H groups in total. The smallest absolute Gasteiger partial charge is 0.317 e. The molecule has 0 unspecified atom stereocenters. The first-order chi connectivity index (χ1) is 10.1. The highest BCUT2D eigenvalue weighted by molar-refractivity contribution is 6.63. The maximum atomic E-state index is 13.7. The molecule has 1 aliphatic heterocycles. The molecule has 1 aromatic rings. The van der Waals surface area contributed by atoms with E-state index in [0.29, 0.717) is 17.1 Å². The molecule has 0 bridgehead atoms. The maximum Gasteiger partial charge on any atom is 0.317 e. The fourth-order valence-corrected chi connectivity index (χ4v) is 2.43. The van der Waals surface area contributed by atoms with Crippen LogP contribution in [0.5, 0.6) is 0 Å². The van der Waals surface area contributed by atoms with Crippen LogP contribution in [0.25, 0.3) is 0 Å². The summed E-state index contributed by atoms with van der Waals surface area (Å²) in [4.78, 5) is 24.4. The predicted molar refractivity (Wildman–Crippen MR) is 81.3 cm³/mol. The molecule has 9 heteroatoms. The summed E-state index contributed by atoms with van der Waals surface area (Å²) in [6, 6.07) is 0. The quantitative estimate of drug-likeness (QED) is 0.371. The number of hydrogen-bond acceptors (Lipinski definition) is 5. The first-order valence-electron chi connectivity index (χ1n) is 6.44. The zero-order valence-corrected chi connectivity index (χ0v) is 13.1. The summed E-state index contributed by atoms with van der Waals surface area (Å²) < 4.78 is 13.7. The van der Waals surface area contributed by atoms with Crippen LogP contribution in [0.15, 0.2) is 22.5 Å². The number of nitrogens with zero attached hydrogens (tertiary/aromatic N) is 4. The van der Waals surface area contributed by atoms with Crippen LogP contribution in [0.2, 0.25) is 0 Å². The molecule has 0 radical (unpaired) electrons. The predicted octanol–water partition coefficient (Wildman–Crippen LogP) is 1.58. The van der Waals surface area contributed by atoms with Gasteiger partial charge in [-0.3, -0.25) is 4.79 Å². The summed E-state index contributed by atoms with van der Waals surface area (Å²) in [5.74, 6) is -0.531. The Morgan fingerprint density at radius 3 is 2.73 bits per heavy atom. The minimum atomic E-state index is -0.797. The van der Waals surface area contributed by atoms with Gasteiger partial charge in [0.15, 0.2) is 11.6 Å². The van der Waals surface area contributed by atoms with E-state index in [1.165, 1.54) is 4.90 Å². The molecule has 1 amide bonds. The van der Waals surface area contributed by atoms with E-state index in [1.807, 2.05) is 0 Å². The molecule has 1 aromatic heterocycles. The van der Waals surface area contributed by atoms with Gasteiger partial charge in [-0.1, -0.05) is 0 Å². The number of carbonyl (C=O) groups is 1. The van der Waals surface area contributed by atoms with Crippen molar-refractivity contribution in [3.63, 3.8) is 0 Å². The van der Waals surface area contributed by atoms with Gasteiger partial charge in [0, 0.05) is 11.3 Å². The van der Waals surface area contributed by atoms with Crippen molar-refractivity contribution in [3.05, 3.63) is 29.1 Å². The van der Waals surface area contributed by atoms with Gasteiger partial charge in [0.1, 0.15) is 11.7 Å². The van der Waals surface area contributed by atoms with Crippen molar-refractivity contribution in [3.8, 4) is 0 Å². The topological polar surface area (TPSA) is 110 Å². The number of halogens is 2. The largest absolute Gasteiger partial charge is 0.400 e. The Morgan fingerprint density at radius 2 is 2.18 bits per heavy atom. The van der Waals surface area contributed by atoms with Crippen molar-refractivity contribution in [2.24, 2.45) is 16.5 Å². The maximum absolute atomic E-state index is 13.7. The molecule has 0 saturated carbocycles. The van der Waals surface area contributed by atoms with Crippen LogP contribution in [0.3, 0.4) is 0 Å². The summed E-state index contributed by atoms with van der Waals surface area (Å²) in [6.07, 6.45) is 1.01. The van der Waals surface area contributed by atoms with Crippen LogP contribution in [-0.2, 0) is 0 Å². The van der Waals surface area contributed by atoms with Crippen molar-refractivity contribution in [2.45, 2.75) is 26.3 Å². The molecule has 0 aromatic carbocycles. The molecule has 1 aliphatic rings. The third-order valence-electron chi connectivity index (χ3n) is 3.57.